The smallest absolute Gasteiger partial charge is 0.246 e. The van der Waals surface area contributed by atoms with Gasteiger partial charge in [0, 0.05) is 36.9 Å². The number of rotatable bonds is 9. The van der Waals surface area contributed by atoms with E-state index in [1.54, 1.807) is 49.0 Å². The van der Waals surface area contributed by atoms with Gasteiger partial charge in [-0.2, -0.15) is 12.6 Å². The maximum atomic E-state index is 15.0. The van der Waals surface area contributed by atoms with E-state index in [4.69, 9.17) is 10.5 Å². The molecule has 1 heterocycles. The lowest BCUT2D eigenvalue weighted by Crippen LogP contribution is -2.60. The van der Waals surface area contributed by atoms with Crippen molar-refractivity contribution in [3.63, 3.8) is 0 Å². The van der Waals surface area contributed by atoms with Gasteiger partial charge in [0.15, 0.2) is 0 Å². The van der Waals surface area contributed by atoms with Crippen molar-refractivity contribution in [1.82, 2.24) is 9.80 Å². The van der Waals surface area contributed by atoms with E-state index in [0.717, 1.165) is 22.3 Å². The van der Waals surface area contributed by atoms with Crippen LogP contribution in [0.4, 0.5) is 4.39 Å². The zero-order valence-electron chi connectivity index (χ0n) is 23.5. The third-order valence-electron chi connectivity index (χ3n) is 7.64. The standard InChI is InChI=1S/C32H38FN3O3S/c1-21(26-11-7-8-12-27(26)33)35(18-22-13-15-23(16-14-22)20-39-4)30(37)28-17-24-9-5-6-10-25(24)19-36(28)31(38)29(34)32(2,3)40/h5-16,21,28-29,40H,17-20,34H2,1-4H3/t21-,28+,29?/m1/s1. The van der Waals surface area contributed by atoms with Crippen LogP contribution in [-0.4, -0.2) is 45.6 Å². The SMILES string of the molecule is COCc1ccc(CN(C(=O)[C@@H]2Cc3ccccc3CN2C(=O)C(N)C(C)(C)S)[C@H](C)c2ccccc2F)cc1. The van der Waals surface area contributed by atoms with E-state index in [2.05, 4.69) is 12.6 Å². The maximum Gasteiger partial charge on any atom is 0.246 e. The molecule has 1 unspecified atom stereocenters. The number of ether oxygens (including phenoxy) is 1. The summed E-state index contributed by atoms with van der Waals surface area (Å²) in [6.45, 7) is 6.37. The van der Waals surface area contributed by atoms with Crippen molar-refractivity contribution in [2.75, 3.05) is 7.11 Å². The summed E-state index contributed by atoms with van der Waals surface area (Å²) in [5, 5.41) is 0. The summed E-state index contributed by atoms with van der Waals surface area (Å²) in [6.07, 6.45) is 0.341. The first-order valence-corrected chi connectivity index (χ1v) is 13.9. The molecule has 0 spiro atoms. The fourth-order valence-corrected chi connectivity index (χ4v) is 5.25. The summed E-state index contributed by atoms with van der Waals surface area (Å²) < 4.78 is 19.4. The van der Waals surface area contributed by atoms with Crippen molar-refractivity contribution in [1.29, 1.82) is 0 Å². The summed E-state index contributed by atoms with van der Waals surface area (Å²) in [6, 6.07) is 19.8. The molecule has 40 heavy (non-hydrogen) atoms. The van der Waals surface area contributed by atoms with Gasteiger partial charge in [0.2, 0.25) is 11.8 Å². The first kappa shape index (κ1) is 29.8. The van der Waals surface area contributed by atoms with E-state index >= 15 is 0 Å². The summed E-state index contributed by atoms with van der Waals surface area (Å²) in [4.78, 5) is 31.5. The van der Waals surface area contributed by atoms with Crippen molar-refractivity contribution in [3.05, 3.63) is 106 Å². The fourth-order valence-electron chi connectivity index (χ4n) is 5.14. The molecular formula is C32H38FN3O3S. The Morgan fingerprint density at radius 3 is 2.27 bits per heavy atom. The molecule has 2 amide bonds. The number of carbonyl (C=O) groups excluding carboxylic acids is 2. The van der Waals surface area contributed by atoms with E-state index < -0.39 is 22.9 Å². The van der Waals surface area contributed by atoms with Crippen LogP contribution >= 0.6 is 12.6 Å². The minimum Gasteiger partial charge on any atom is -0.380 e. The predicted octanol–water partition coefficient (Wildman–Crippen LogP) is 5.05. The van der Waals surface area contributed by atoms with E-state index in [-0.39, 0.29) is 30.7 Å². The second-order valence-electron chi connectivity index (χ2n) is 11.0. The highest BCUT2D eigenvalue weighted by molar-refractivity contribution is 7.81. The van der Waals surface area contributed by atoms with Crippen LogP contribution in [0.15, 0.2) is 72.8 Å². The number of carbonyl (C=O) groups is 2. The van der Waals surface area contributed by atoms with Gasteiger partial charge in [-0.3, -0.25) is 9.59 Å². The molecule has 0 radical (unpaired) electrons. The lowest BCUT2D eigenvalue weighted by atomic mass is 9.90. The molecule has 3 atom stereocenters. The summed E-state index contributed by atoms with van der Waals surface area (Å²) in [5.41, 5.74) is 10.7. The number of nitrogens with two attached hydrogens (primary N) is 1. The van der Waals surface area contributed by atoms with Crippen LogP contribution in [0.3, 0.4) is 0 Å². The van der Waals surface area contributed by atoms with E-state index in [0.29, 0.717) is 18.6 Å². The van der Waals surface area contributed by atoms with Gasteiger partial charge in [-0.25, -0.2) is 4.39 Å². The normalized spacial score (nSPS) is 16.7. The third-order valence-corrected chi connectivity index (χ3v) is 7.91. The summed E-state index contributed by atoms with van der Waals surface area (Å²) in [5.74, 6) is -0.983. The van der Waals surface area contributed by atoms with Crippen LogP contribution in [0.5, 0.6) is 0 Å². The van der Waals surface area contributed by atoms with Crippen molar-refractivity contribution in [3.8, 4) is 0 Å². The predicted molar refractivity (Wildman–Crippen MR) is 158 cm³/mol. The molecule has 212 valence electrons. The van der Waals surface area contributed by atoms with Gasteiger partial charge in [-0.05, 0) is 49.1 Å². The number of thiol groups is 1. The molecule has 1 aliphatic heterocycles. The summed E-state index contributed by atoms with van der Waals surface area (Å²) >= 11 is 4.55. The maximum absolute atomic E-state index is 15.0. The number of fused-ring (bicyclic) bond motifs is 1. The Morgan fingerprint density at radius 1 is 1.05 bits per heavy atom. The largest absolute Gasteiger partial charge is 0.380 e. The third kappa shape index (κ3) is 6.57. The molecule has 8 heteroatoms. The second-order valence-corrected chi connectivity index (χ2v) is 12.2. The number of nitrogens with zero attached hydrogens (tertiary/aromatic N) is 2. The van der Waals surface area contributed by atoms with Crippen LogP contribution in [0, 0.1) is 5.82 Å². The number of hydrogen-bond acceptors (Lipinski definition) is 5. The zero-order chi connectivity index (χ0) is 29.0. The van der Waals surface area contributed by atoms with Gasteiger partial charge in [-0.15, -0.1) is 0 Å². The van der Waals surface area contributed by atoms with Crippen molar-refractivity contribution >= 4 is 24.4 Å². The van der Waals surface area contributed by atoms with Gasteiger partial charge < -0.3 is 20.3 Å². The van der Waals surface area contributed by atoms with Crippen molar-refractivity contribution in [2.45, 2.75) is 69.8 Å². The molecule has 3 aromatic carbocycles. The molecule has 0 saturated heterocycles. The van der Waals surface area contributed by atoms with E-state index in [9.17, 15) is 14.0 Å². The Balaban J connectivity index is 1.74. The molecule has 3 aromatic rings. The van der Waals surface area contributed by atoms with E-state index in [1.165, 1.54) is 6.07 Å². The Labute approximate surface area is 241 Å². The van der Waals surface area contributed by atoms with Gasteiger partial charge in [0.05, 0.1) is 18.7 Å². The zero-order valence-corrected chi connectivity index (χ0v) is 24.4. The molecule has 4 rings (SSSR count). The highest BCUT2D eigenvalue weighted by Crippen LogP contribution is 2.31. The minimum atomic E-state index is -0.915. The van der Waals surface area contributed by atoms with E-state index in [1.807, 2.05) is 55.5 Å². The number of hydrogen-bond donors (Lipinski definition) is 2. The van der Waals surface area contributed by atoms with Crippen LogP contribution in [0.25, 0.3) is 0 Å². The van der Waals surface area contributed by atoms with Crippen LogP contribution in [0.1, 0.15) is 54.6 Å². The molecule has 2 N–H and O–H groups in total. The molecule has 6 nitrogen and oxygen atoms in total. The van der Waals surface area contributed by atoms with Gasteiger partial charge >= 0.3 is 0 Å². The fraction of sp³-hybridized carbons (Fsp3) is 0.375. The Kier molecular flexibility index (Phi) is 9.33. The number of methoxy groups -OCH3 is 1. The molecule has 1 aliphatic rings. The number of amides is 2. The number of benzene rings is 3. The monoisotopic (exact) mass is 563 g/mol. The second kappa shape index (κ2) is 12.5. The Morgan fingerprint density at radius 2 is 1.65 bits per heavy atom. The van der Waals surface area contributed by atoms with Crippen LogP contribution < -0.4 is 5.73 Å². The van der Waals surface area contributed by atoms with Gasteiger partial charge in [0.1, 0.15) is 11.9 Å². The molecule has 0 aliphatic carbocycles. The van der Waals surface area contributed by atoms with Crippen LogP contribution in [0.2, 0.25) is 0 Å². The lowest BCUT2D eigenvalue weighted by molar-refractivity contribution is -0.150. The van der Waals surface area contributed by atoms with Gasteiger partial charge in [0.25, 0.3) is 0 Å². The Bertz CT molecular complexity index is 1340. The van der Waals surface area contributed by atoms with Crippen molar-refractivity contribution < 1.29 is 18.7 Å². The molecule has 0 saturated carbocycles. The average molecular weight is 564 g/mol. The quantitative estimate of drug-likeness (QED) is 0.357. The first-order valence-electron chi connectivity index (χ1n) is 13.5. The topological polar surface area (TPSA) is 75.9 Å². The first-order chi connectivity index (χ1) is 19.0. The molecular weight excluding hydrogens is 525 g/mol. The van der Waals surface area contributed by atoms with Crippen molar-refractivity contribution in [2.24, 2.45) is 5.73 Å². The highest BCUT2D eigenvalue weighted by Gasteiger charge is 2.42. The molecule has 0 fully saturated rings. The summed E-state index contributed by atoms with van der Waals surface area (Å²) in [7, 11) is 1.64. The van der Waals surface area contributed by atoms with Crippen LogP contribution in [-0.2, 0) is 40.4 Å². The highest BCUT2D eigenvalue weighted by atomic mass is 32.1. The molecule has 0 bridgehead atoms. The van der Waals surface area contributed by atoms with Gasteiger partial charge in [-0.1, -0.05) is 66.7 Å². The minimum absolute atomic E-state index is 0.242. The Hall–Kier alpha value is -3.20. The molecule has 0 aromatic heterocycles. The number of halogens is 1. The lowest BCUT2D eigenvalue weighted by Gasteiger charge is -2.42. The average Bonchev–Trinajstić information content (AvgIpc) is 2.94.